The summed E-state index contributed by atoms with van der Waals surface area (Å²) in [6, 6.07) is 10.1. The summed E-state index contributed by atoms with van der Waals surface area (Å²) in [4.78, 5) is 2.98. The molecule has 160 valence electrons. The van der Waals surface area contributed by atoms with E-state index in [1.54, 1.807) is 0 Å². The Labute approximate surface area is 183 Å². The van der Waals surface area contributed by atoms with Crippen LogP contribution in [-0.4, -0.2) is 54.2 Å². The van der Waals surface area contributed by atoms with E-state index in [-0.39, 0.29) is 33.7 Å². The molecule has 0 aliphatic carbocycles. The van der Waals surface area contributed by atoms with Crippen molar-refractivity contribution in [2.24, 2.45) is 10.2 Å². The van der Waals surface area contributed by atoms with Crippen LogP contribution < -0.4 is 0 Å². The first kappa shape index (κ1) is 22.7. The number of aliphatic hydroxyl groups excluding tert-OH is 2. The van der Waals surface area contributed by atoms with Crippen molar-refractivity contribution in [2.75, 3.05) is 26.3 Å². The molecule has 0 atom stereocenters. The number of sulfonamides is 1. The second-order valence-electron chi connectivity index (χ2n) is 6.43. The van der Waals surface area contributed by atoms with Crippen LogP contribution in [0, 0.1) is 6.92 Å². The molecule has 0 saturated carbocycles. The summed E-state index contributed by atoms with van der Waals surface area (Å²) < 4.78 is 26.6. The number of hydrogen-bond acceptors (Lipinski definition) is 6. The van der Waals surface area contributed by atoms with Crippen molar-refractivity contribution in [3.05, 3.63) is 52.1 Å². The Morgan fingerprint density at radius 1 is 1.03 bits per heavy atom. The van der Waals surface area contributed by atoms with Gasteiger partial charge in [0.25, 0.3) is 0 Å². The lowest BCUT2D eigenvalue weighted by atomic mass is 10.2. The first-order valence-corrected chi connectivity index (χ1v) is 11.2. The average Bonchev–Trinajstić information content (AvgIpc) is 3.03. The molecule has 11 heteroatoms. The van der Waals surface area contributed by atoms with Gasteiger partial charge >= 0.3 is 0 Å². The van der Waals surface area contributed by atoms with Crippen molar-refractivity contribution in [3.63, 3.8) is 0 Å². The normalized spacial score (nSPS) is 12.5. The maximum atomic E-state index is 12.8. The number of aliphatic hydroxyl groups is 2. The van der Waals surface area contributed by atoms with Gasteiger partial charge in [0.2, 0.25) is 10.0 Å². The van der Waals surface area contributed by atoms with Gasteiger partial charge in [-0.25, -0.2) is 8.42 Å². The van der Waals surface area contributed by atoms with Gasteiger partial charge in [0, 0.05) is 29.7 Å². The number of nitrogens with one attached hydrogen (secondary N) is 1. The lowest BCUT2D eigenvalue weighted by molar-refractivity contribution is 0.217. The van der Waals surface area contributed by atoms with Crippen LogP contribution >= 0.6 is 23.2 Å². The highest BCUT2D eigenvalue weighted by Gasteiger charge is 2.27. The molecule has 30 heavy (non-hydrogen) atoms. The molecule has 2 aromatic carbocycles. The van der Waals surface area contributed by atoms with Gasteiger partial charge in [0.05, 0.1) is 23.3 Å². The molecule has 0 saturated heterocycles. The summed E-state index contributed by atoms with van der Waals surface area (Å²) in [6.07, 6.45) is 0. The fourth-order valence-corrected chi connectivity index (χ4v) is 5.21. The van der Waals surface area contributed by atoms with Crippen LogP contribution in [0.3, 0.4) is 0 Å². The quantitative estimate of drug-likeness (QED) is 0.427. The van der Waals surface area contributed by atoms with E-state index >= 15 is 0 Å². The number of para-hydroxylation sites is 1. The highest BCUT2D eigenvalue weighted by atomic mass is 35.5. The molecule has 1 heterocycles. The minimum Gasteiger partial charge on any atom is -0.395 e. The van der Waals surface area contributed by atoms with Crippen LogP contribution in [0.1, 0.15) is 5.69 Å². The number of nitrogens with zero attached hydrogens (tertiary/aromatic N) is 3. The Morgan fingerprint density at radius 2 is 1.70 bits per heavy atom. The minimum atomic E-state index is -4.07. The zero-order valence-electron chi connectivity index (χ0n) is 16.0. The number of halogens is 2. The van der Waals surface area contributed by atoms with Crippen LogP contribution in [0.25, 0.3) is 10.9 Å². The predicted molar refractivity (Wildman–Crippen MR) is 117 cm³/mol. The van der Waals surface area contributed by atoms with Gasteiger partial charge in [-0.15, -0.1) is 10.2 Å². The Morgan fingerprint density at radius 3 is 2.37 bits per heavy atom. The summed E-state index contributed by atoms with van der Waals surface area (Å²) in [5.74, 6) is 0. The molecule has 8 nitrogen and oxygen atoms in total. The molecule has 3 rings (SSSR count). The Bertz CT molecular complexity index is 1190. The molecule has 1 aromatic heterocycles. The molecule has 0 amide bonds. The van der Waals surface area contributed by atoms with Crippen LogP contribution in [0.5, 0.6) is 0 Å². The van der Waals surface area contributed by atoms with Gasteiger partial charge in [0.15, 0.2) is 0 Å². The summed E-state index contributed by atoms with van der Waals surface area (Å²) in [5, 5.41) is 27.5. The second-order valence-corrected chi connectivity index (χ2v) is 9.15. The number of rotatable bonds is 8. The number of aryl methyl sites for hydroxylation is 1. The van der Waals surface area contributed by atoms with E-state index in [4.69, 9.17) is 33.4 Å². The number of H-pyrrole nitrogens is 1. The third-order valence-corrected chi connectivity index (χ3v) is 7.10. The van der Waals surface area contributed by atoms with Crippen molar-refractivity contribution < 1.29 is 18.6 Å². The summed E-state index contributed by atoms with van der Waals surface area (Å²) in [5.41, 5.74) is 2.60. The van der Waals surface area contributed by atoms with Gasteiger partial charge in [0.1, 0.15) is 16.3 Å². The van der Waals surface area contributed by atoms with Crippen molar-refractivity contribution in [1.29, 1.82) is 0 Å². The largest absolute Gasteiger partial charge is 0.395 e. The van der Waals surface area contributed by atoms with Crippen LogP contribution in [0.2, 0.25) is 10.0 Å². The van der Waals surface area contributed by atoms with Gasteiger partial charge in [-0.1, -0.05) is 41.4 Å². The molecule has 3 aromatic rings. The van der Waals surface area contributed by atoms with Crippen molar-refractivity contribution in [1.82, 2.24) is 9.29 Å². The predicted octanol–water partition coefficient (Wildman–Crippen LogP) is 4.17. The van der Waals surface area contributed by atoms with E-state index in [9.17, 15) is 8.42 Å². The van der Waals surface area contributed by atoms with Crippen LogP contribution in [0.15, 0.2) is 51.5 Å². The second kappa shape index (κ2) is 9.42. The smallest absolute Gasteiger partial charge is 0.244 e. The molecule has 3 N–H and O–H groups in total. The summed E-state index contributed by atoms with van der Waals surface area (Å²) in [6.45, 7) is 0.702. The maximum absolute atomic E-state index is 12.8. The number of aromatic nitrogens is 1. The van der Waals surface area contributed by atoms with Crippen molar-refractivity contribution in [2.45, 2.75) is 11.8 Å². The Balaban J connectivity index is 1.98. The summed E-state index contributed by atoms with van der Waals surface area (Å²) >= 11 is 12.5. The number of azo groups is 1. The van der Waals surface area contributed by atoms with E-state index in [0.29, 0.717) is 5.69 Å². The molecule has 0 aliphatic rings. The number of aromatic amines is 1. The van der Waals surface area contributed by atoms with Gasteiger partial charge in [-0.05, 0) is 25.1 Å². The van der Waals surface area contributed by atoms with Crippen molar-refractivity contribution >= 4 is 55.5 Å². The highest BCUT2D eigenvalue weighted by Crippen LogP contribution is 2.37. The minimum absolute atomic E-state index is 0.0483. The number of hydrogen-bond donors (Lipinski definition) is 3. The molecule has 0 unspecified atom stereocenters. The zero-order valence-corrected chi connectivity index (χ0v) is 18.3. The average molecular weight is 471 g/mol. The first-order chi connectivity index (χ1) is 14.3. The Kier molecular flexibility index (Phi) is 7.12. The van der Waals surface area contributed by atoms with E-state index in [0.717, 1.165) is 20.9 Å². The summed E-state index contributed by atoms with van der Waals surface area (Å²) in [7, 11) is -4.07. The molecular weight excluding hydrogens is 451 g/mol. The van der Waals surface area contributed by atoms with E-state index in [2.05, 4.69) is 15.2 Å². The fraction of sp³-hybridized carbons (Fsp3) is 0.263. The lowest BCUT2D eigenvalue weighted by Crippen LogP contribution is -2.36. The fourth-order valence-electron chi connectivity index (χ4n) is 3.00. The lowest BCUT2D eigenvalue weighted by Gasteiger charge is -2.21. The van der Waals surface area contributed by atoms with Gasteiger partial charge < -0.3 is 15.2 Å². The first-order valence-electron chi connectivity index (χ1n) is 8.99. The molecule has 0 radical (unpaired) electrons. The van der Waals surface area contributed by atoms with E-state index < -0.39 is 23.2 Å². The third kappa shape index (κ3) is 4.51. The molecule has 0 fully saturated rings. The molecular formula is C19H20Cl2N4O4S. The number of fused-ring (bicyclic) bond motifs is 1. The van der Waals surface area contributed by atoms with E-state index in [1.165, 1.54) is 12.1 Å². The van der Waals surface area contributed by atoms with Crippen molar-refractivity contribution in [3.8, 4) is 0 Å². The molecule has 0 spiro atoms. The highest BCUT2D eigenvalue weighted by molar-refractivity contribution is 7.89. The van der Waals surface area contributed by atoms with Crippen LogP contribution in [-0.2, 0) is 10.0 Å². The van der Waals surface area contributed by atoms with Gasteiger partial charge in [-0.2, -0.15) is 4.31 Å². The SMILES string of the molecule is Cc1[nH]c2ccccc2c1N=Nc1cc(Cl)c(S(=O)(=O)N(CCO)CCO)cc1Cl. The molecule has 0 bridgehead atoms. The van der Waals surface area contributed by atoms with Gasteiger partial charge in [-0.3, -0.25) is 0 Å². The third-order valence-electron chi connectivity index (χ3n) is 4.44. The number of benzene rings is 2. The van der Waals surface area contributed by atoms with E-state index in [1.807, 2.05) is 31.2 Å². The zero-order chi connectivity index (χ0) is 21.9. The molecule has 0 aliphatic heterocycles. The Hall–Kier alpha value is -2.01. The standard InChI is InChI=1S/C19H20Cl2N4O4S/c1-12-19(13-4-2-3-5-16(13)22-12)24-23-17-10-15(21)18(11-14(17)20)30(28,29)25(6-8-26)7-9-27/h2-5,10-11,22,26-27H,6-9H2,1H3. The maximum Gasteiger partial charge on any atom is 0.244 e. The topological polar surface area (TPSA) is 118 Å². The van der Waals surface area contributed by atoms with Crippen LogP contribution in [0.4, 0.5) is 11.4 Å². The monoisotopic (exact) mass is 470 g/mol.